The van der Waals surface area contributed by atoms with Gasteiger partial charge in [0.05, 0.1) is 5.52 Å². The van der Waals surface area contributed by atoms with Gasteiger partial charge in [-0.1, -0.05) is 51.1 Å². The van der Waals surface area contributed by atoms with E-state index in [1.807, 2.05) is 54.6 Å². The number of hydrogen-bond acceptors (Lipinski definition) is 3. The fourth-order valence-electron chi connectivity index (χ4n) is 4.22. The van der Waals surface area contributed by atoms with E-state index in [4.69, 9.17) is 0 Å². The largest absolute Gasteiger partial charge is 0.430 e. The number of rotatable bonds is 3. The lowest BCUT2D eigenvalue weighted by Gasteiger charge is -2.29. The highest BCUT2D eigenvalue weighted by Gasteiger charge is 2.61. The molecule has 0 spiro atoms. The number of nitrogens with one attached hydrogen (secondary N) is 1. The number of aromatic nitrogens is 1. The predicted octanol–water partition coefficient (Wildman–Crippen LogP) is 5.07. The molecule has 3 aromatic rings. The molecule has 1 N–H and O–H groups in total. The third-order valence-electron chi connectivity index (χ3n) is 5.97. The molecule has 2 heterocycles. The number of quaternary nitrogens is 1. The number of para-hydroxylation sites is 1. The number of carbonyl (C=O) groups is 2. The van der Waals surface area contributed by atoms with E-state index < -0.39 is 5.54 Å². The monoisotopic (exact) mass is 402 g/mol. The number of imide groups is 1. The van der Waals surface area contributed by atoms with Gasteiger partial charge in [0.1, 0.15) is 12.2 Å². The first-order chi connectivity index (χ1) is 14.1. The van der Waals surface area contributed by atoms with Crippen molar-refractivity contribution >= 4 is 28.5 Å². The topological polar surface area (TPSA) is 59.1 Å². The van der Waals surface area contributed by atoms with Gasteiger partial charge in [-0.3, -0.25) is 10.3 Å². The van der Waals surface area contributed by atoms with Crippen LogP contribution in [0.15, 0.2) is 60.8 Å². The van der Waals surface area contributed by atoms with E-state index >= 15 is 0 Å². The Balaban J connectivity index is 1.90. The molecule has 0 aliphatic carbocycles. The molecule has 5 heteroatoms. The van der Waals surface area contributed by atoms with Gasteiger partial charge in [0.15, 0.2) is 5.54 Å². The summed E-state index contributed by atoms with van der Waals surface area (Å²) in [7, 11) is 0. The van der Waals surface area contributed by atoms with Gasteiger partial charge in [-0.15, -0.1) is 4.48 Å². The number of benzene rings is 2. The molecule has 154 valence electrons. The minimum atomic E-state index is -0.942. The smallest absolute Gasteiger partial charge is 0.287 e. The Morgan fingerprint density at radius 3 is 2.23 bits per heavy atom. The summed E-state index contributed by atoms with van der Waals surface area (Å²) < 4.78 is -0.384. The van der Waals surface area contributed by atoms with Crippen LogP contribution in [0, 0.1) is 0 Å². The molecule has 1 fully saturated rings. The molecular weight excluding hydrogens is 374 g/mol. The van der Waals surface area contributed by atoms with Crippen molar-refractivity contribution in [3.8, 4) is 0 Å². The number of hydrogen-bond donors (Lipinski definition) is 1. The average Bonchev–Trinajstić information content (AvgIpc) is 2.87. The van der Waals surface area contributed by atoms with E-state index in [2.05, 4.69) is 31.1 Å². The fraction of sp³-hybridized carbons (Fsp3) is 0.320. The maximum Gasteiger partial charge on any atom is 0.430 e. The molecule has 4 rings (SSSR count). The summed E-state index contributed by atoms with van der Waals surface area (Å²) in [5, 5.41) is 3.87. The molecule has 2 aromatic carbocycles. The van der Waals surface area contributed by atoms with Crippen LogP contribution in [0.4, 0.5) is 10.5 Å². The lowest BCUT2D eigenvalue weighted by atomic mass is 9.87. The Labute approximate surface area is 177 Å². The van der Waals surface area contributed by atoms with Crippen molar-refractivity contribution in [1.29, 1.82) is 0 Å². The molecule has 1 atom stereocenters. The molecule has 1 aromatic heterocycles. The quantitative estimate of drug-likeness (QED) is 0.492. The van der Waals surface area contributed by atoms with Crippen molar-refractivity contribution in [3.05, 3.63) is 71.9 Å². The second kappa shape index (κ2) is 6.74. The molecule has 0 bridgehead atoms. The van der Waals surface area contributed by atoms with Crippen molar-refractivity contribution in [1.82, 2.24) is 14.8 Å². The first-order valence-electron chi connectivity index (χ1n) is 10.3. The Bertz CT molecular complexity index is 1140. The van der Waals surface area contributed by atoms with E-state index in [1.54, 1.807) is 20.0 Å². The Morgan fingerprint density at radius 1 is 0.967 bits per heavy atom. The summed E-state index contributed by atoms with van der Waals surface area (Å²) in [5.41, 5.74) is 2.65. The molecule has 3 amide bonds. The highest BCUT2D eigenvalue weighted by molar-refractivity contribution is 6.17. The van der Waals surface area contributed by atoms with Crippen LogP contribution in [0.5, 0.6) is 0 Å². The van der Waals surface area contributed by atoms with E-state index in [0.717, 1.165) is 22.0 Å². The minimum Gasteiger partial charge on any atom is -0.287 e. The molecule has 0 saturated carbocycles. The number of urea groups is 1. The van der Waals surface area contributed by atoms with Gasteiger partial charge in [0.2, 0.25) is 0 Å². The lowest BCUT2D eigenvalue weighted by Crippen LogP contribution is -2.55. The van der Waals surface area contributed by atoms with Crippen molar-refractivity contribution in [2.75, 3.05) is 0 Å². The normalized spacial score (nSPS) is 21.1. The summed E-state index contributed by atoms with van der Waals surface area (Å²) in [6, 6.07) is 17.3. The Hall–Kier alpha value is -3.05. The van der Waals surface area contributed by atoms with Gasteiger partial charge in [-0.2, -0.15) is 0 Å². The van der Waals surface area contributed by atoms with Gasteiger partial charge in [-0.05, 0) is 37.0 Å². The zero-order valence-corrected chi connectivity index (χ0v) is 18.2. The van der Waals surface area contributed by atoms with Crippen LogP contribution in [0.25, 0.3) is 10.9 Å². The van der Waals surface area contributed by atoms with Crippen molar-refractivity contribution in [2.45, 2.75) is 52.1 Å². The predicted molar refractivity (Wildman–Crippen MR) is 120 cm³/mol. The van der Waals surface area contributed by atoms with Crippen molar-refractivity contribution in [3.63, 3.8) is 0 Å². The van der Waals surface area contributed by atoms with Crippen LogP contribution in [0.3, 0.4) is 0 Å². The number of nitrogens with zero attached hydrogens (tertiary/aromatic N) is 2. The van der Waals surface area contributed by atoms with Gasteiger partial charge in [0, 0.05) is 29.3 Å². The summed E-state index contributed by atoms with van der Waals surface area (Å²) in [5.74, 6) is -0.156. The van der Waals surface area contributed by atoms with Crippen LogP contribution < -0.4 is 9.80 Å². The standard InChI is InChI=1S/C25H27N3O2/c1-24(2,3)18-10-12-19(13-11-18)28(22(29)25(4,5)27-23(28)30)16-17-14-15-26-21-9-7-6-8-20(17)21/h6-15H,16H2,1-5H3/p+1. The first kappa shape index (κ1) is 20.2. The number of fused-ring (bicyclic) bond motifs is 1. The Kier molecular flexibility index (Phi) is 4.55. The molecule has 1 saturated heterocycles. The first-order valence-corrected chi connectivity index (χ1v) is 10.3. The highest BCUT2D eigenvalue weighted by atomic mass is 16.2. The number of pyridine rings is 1. The third-order valence-corrected chi connectivity index (χ3v) is 5.97. The molecule has 0 radical (unpaired) electrons. The number of carbonyl (C=O) groups excluding carboxylic acids is 2. The SMILES string of the molecule is CC1(C)NC(=O)[N+](Cc2ccnc3ccccc23)(c2ccc(C(C)(C)C)cc2)C1=O. The fourth-order valence-corrected chi connectivity index (χ4v) is 4.22. The van der Waals surface area contributed by atoms with Crippen LogP contribution in [-0.4, -0.2) is 22.5 Å². The van der Waals surface area contributed by atoms with Gasteiger partial charge in [-0.25, -0.2) is 9.59 Å². The van der Waals surface area contributed by atoms with E-state index in [-0.39, 0.29) is 28.4 Å². The van der Waals surface area contributed by atoms with Crippen molar-refractivity contribution in [2.24, 2.45) is 0 Å². The molecular formula is C25H28N3O2+. The summed E-state index contributed by atoms with van der Waals surface area (Å²) in [4.78, 5) is 31.4. The molecule has 5 nitrogen and oxygen atoms in total. The second-order valence-corrected chi connectivity index (χ2v) is 9.61. The van der Waals surface area contributed by atoms with E-state index in [1.165, 1.54) is 0 Å². The minimum absolute atomic E-state index is 0.0127. The van der Waals surface area contributed by atoms with E-state index in [0.29, 0.717) is 5.69 Å². The number of amides is 3. The zero-order chi connectivity index (χ0) is 21.7. The summed E-state index contributed by atoms with van der Waals surface area (Å²) >= 11 is 0. The summed E-state index contributed by atoms with van der Waals surface area (Å²) in [6.45, 7) is 10.2. The van der Waals surface area contributed by atoms with Crippen LogP contribution in [0.2, 0.25) is 0 Å². The average molecular weight is 403 g/mol. The van der Waals surface area contributed by atoms with Crippen molar-refractivity contribution < 1.29 is 9.59 Å². The highest BCUT2D eigenvalue weighted by Crippen LogP contribution is 2.37. The second-order valence-electron chi connectivity index (χ2n) is 9.61. The summed E-state index contributed by atoms with van der Waals surface area (Å²) in [6.07, 6.45) is 1.74. The maximum absolute atomic E-state index is 13.7. The van der Waals surface area contributed by atoms with Crippen LogP contribution >= 0.6 is 0 Å². The zero-order valence-electron chi connectivity index (χ0n) is 18.2. The van der Waals surface area contributed by atoms with Crippen LogP contribution in [-0.2, 0) is 16.8 Å². The molecule has 30 heavy (non-hydrogen) atoms. The van der Waals surface area contributed by atoms with Gasteiger partial charge < -0.3 is 0 Å². The molecule has 1 aliphatic heterocycles. The van der Waals surface area contributed by atoms with E-state index in [9.17, 15) is 9.59 Å². The Morgan fingerprint density at radius 2 is 1.63 bits per heavy atom. The molecule has 1 unspecified atom stereocenters. The third kappa shape index (κ3) is 3.10. The van der Waals surface area contributed by atoms with Gasteiger partial charge in [0.25, 0.3) is 0 Å². The van der Waals surface area contributed by atoms with Gasteiger partial charge >= 0.3 is 11.9 Å². The maximum atomic E-state index is 13.7. The lowest BCUT2D eigenvalue weighted by molar-refractivity contribution is -0.130. The molecule has 1 aliphatic rings. The van der Waals surface area contributed by atoms with Crippen LogP contribution in [0.1, 0.15) is 45.7 Å².